The molecule has 0 aliphatic carbocycles. The van der Waals surface area contributed by atoms with Gasteiger partial charge in [0.25, 0.3) is 11.5 Å². The lowest BCUT2D eigenvalue weighted by molar-refractivity contribution is -0.116. The number of amides is 2. The van der Waals surface area contributed by atoms with E-state index in [2.05, 4.69) is 15.3 Å². The summed E-state index contributed by atoms with van der Waals surface area (Å²) in [5.41, 5.74) is 7.17. The second-order valence-electron chi connectivity index (χ2n) is 6.81. The van der Waals surface area contributed by atoms with Gasteiger partial charge in [0.1, 0.15) is 11.5 Å². The first-order chi connectivity index (χ1) is 14.9. The highest BCUT2D eigenvalue weighted by atomic mass is 32.2. The smallest absolute Gasteiger partial charge is 0.277 e. The Hall–Kier alpha value is -3.66. The van der Waals surface area contributed by atoms with Crippen LogP contribution in [0.2, 0.25) is 0 Å². The van der Waals surface area contributed by atoms with Gasteiger partial charge in [0.05, 0.1) is 5.75 Å². The molecule has 2 aromatic carbocycles. The predicted molar refractivity (Wildman–Crippen MR) is 117 cm³/mol. The number of hydrogen-bond acceptors (Lipinski definition) is 6. The third kappa shape index (κ3) is 4.43. The molecule has 3 aromatic rings. The highest BCUT2D eigenvalue weighted by molar-refractivity contribution is 7.99. The first kappa shape index (κ1) is 20.6. The van der Waals surface area contributed by atoms with E-state index < -0.39 is 17.3 Å². The molecule has 31 heavy (non-hydrogen) atoms. The summed E-state index contributed by atoms with van der Waals surface area (Å²) in [4.78, 5) is 45.6. The molecule has 0 saturated heterocycles. The Bertz CT molecular complexity index is 1210. The maximum atomic E-state index is 13.0. The Morgan fingerprint density at radius 3 is 2.68 bits per heavy atom. The van der Waals surface area contributed by atoms with E-state index in [1.807, 2.05) is 24.3 Å². The average molecular weight is 439 g/mol. The molecular weight excluding hydrogens is 421 g/mol. The number of nitrogens with two attached hydrogens (primary N) is 1. The number of nitrogen functional groups attached to an aromatic ring is 1. The van der Waals surface area contributed by atoms with Gasteiger partial charge >= 0.3 is 0 Å². The van der Waals surface area contributed by atoms with Gasteiger partial charge in [0, 0.05) is 17.8 Å². The number of carbonyl (C=O) groups is 2. The van der Waals surface area contributed by atoms with Gasteiger partial charge in [-0.2, -0.15) is 0 Å². The summed E-state index contributed by atoms with van der Waals surface area (Å²) in [6.45, 7) is 0.610. The topological polar surface area (TPSA) is 121 Å². The van der Waals surface area contributed by atoms with E-state index in [1.54, 1.807) is 4.90 Å². The van der Waals surface area contributed by atoms with E-state index >= 15 is 0 Å². The van der Waals surface area contributed by atoms with E-state index in [-0.39, 0.29) is 33.9 Å². The molecule has 0 atom stereocenters. The van der Waals surface area contributed by atoms with E-state index in [1.165, 1.54) is 12.1 Å². The first-order valence-corrected chi connectivity index (χ1v) is 10.4. The number of fused-ring (bicyclic) bond motifs is 1. The molecule has 4 N–H and O–H groups in total. The van der Waals surface area contributed by atoms with Gasteiger partial charge in [-0.1, -0.05) is 30.0 Å². The minimum absolute atomic E-state index is 0.0675. The largest absolute Gasteiger partial charge is 0.382 e. The number of hydrogen-bond donors (Lipinski definition) is 3. The Morgan fingerprint density at radius 2 is 1.94 bits per heavy atom. The lowest BCUT2D eigenvalue weighted by atomic mass is 10.2. The Kier molecular flexibility index (Phi) is 5.72. The molecule has 0 spiro atoms. The van der Waals surface area contributed by atoms with Gasteiger partial charge in [0.15, 0.2) is 11.0 Å². The second-order valence-corrected chi connectivity index (χ2v) is 7.77. The number of H-pyrrole nitrogens is 1. The predicted octanol–water partition coefficient (Wildman–Crippen LogP) is 2.42. The monoisotopic (exact) mass is 439 g/mol. The maximum absolute atomic E-state index is 13.0. The minimum Gasteiger partial charge on any atom is -0.382 e. The van der Waals surface area contributed by atoms with Crippen LogP contribution < -0.4 is 21.5 Å². The van der Waals surface area contributed by atoms with Crippen molar-refractivity contribution in [3.8, 4) is 0 Å². The number of benzene rings is 2. The van der Waals surface area contributed by atoms with Gasteiger partial charge in [0.2, 0.25) is 5.91 Å². The maximum Gasteiger partial charge on any atom is 0.277 e. The van der Waals surface area contributed by atoms with Crippen LogP contribution in [0.1, 0.15) is 15.9 Å². The molecule has 1 aliphatic rings. The number of nitrogens with one attached hydrogen (secondary N) is 2. The summed E-state index contributed by atoms with van der Waals surface area (Å²) in [6.07, 6.45) is 0.803. The number of anilines is 3. The van der Waals surface area contributed by atoms with Gasteiger partial charge in [-0.3, -0.25) is 19.4 Å². The average Bonchev–Trinajstić information content (AvgIpc) is 3.19. The van der Waals surface area contributed by atoms with Crippen molar-refractivity contribution >= 4 is 40.8 Å². The number of aromatic nitrogens is 2. The van der Waals surface area contributed by atoms with Gasteiger partial charge in [-0.25, -0.2) is 9.37 Å². The van der Waals surface area contributed by atoms with Gasteiger partial charge in [-0.15, -0.1) is 0 Å². The quantitative estimate of drug-likeness (QED) is 0.415. The Morgan fingerprint density at radius 1 is 1.19 bits per heavy atom. The van der Waals surface area contributed by atoms with Crippen LogP contribution >= 0.6 is 11.8 Å². The Labute approximate surface area is 180 Å². The van der Waals surface area contributed by atoms with Crippen LogP contribution in [-0.2, 0) is 11.2 Å². The number of rotatable bonds is 5. The number of thioether (sulfide) groups is 1. The second kappa shape index (κ2) is 8.60. The number of halogens is 1. The van der Waals surface area contributed by atoms with Crippen molar-refractivity contribution in [3.05, 3.63) is 75.8 Å². The SMILES string of the molecule is Nc1nc(SCC(=O)N2CCc3ccccc32)[nH]c(=O)c1NC(=O)c1ccc(F)cc1. The molecular formula is C21H18FN5O3S. The fourth-order valence-corrected chi connectivity index (χ4v) is 3.99. The van der Waals surface area contributed by atoms with E-state index in [4.69, 9.17) is 5.73 Å². The molecule has 158 valence electrons. The normalized spacial score (nSPS) is 12.5. The highest BCUT2D eigenvalue weighted by Gasteiger charge is 2.24. The minimum atomic E-state index is -0.649. The van der Waals surface area contributed by atoms with Gasteiger partial charge < -0.3 is 16.0 Å². The lowest BCUT2D eigenvalue weighted by Crippen LogP contribution is -2.30. The number of nitrogens with zero attached hydrogens (tertiary/aromatic N) is 2. The summed E-state index contributed by atoms with van der Waals surface area (Å²) in [6, 6.07) is 12.6. The molecule has 0 radical (unpaired) electrons. The molecule has 1 aliphatic heterocycles. The van der Waals surface area contributed by atoms with Crippen molar-refractivity contribution in [3.63, 3.8) is 0 Å². The van der Waals surface area contributed by atoms with Crippen molar-refractivity contribution in [1.29, 1.82) is 0 Å². The summed E-state index contributed by atoms with van der Waals surface area (Å²) in [5.74, 6) is -1.32. The zero-order valence-corrected chi connectivity index (χ0v) is 17.0. The third-order valence-electron chi connectivity index (χ3n) is 4.79. The molecule has 0 bridgehead atoms. The van der Waals surface area contributed by atoms with Crippen molar-refractivity contribution in [2.45, 2.75) is 11.6 Å². The Balaban J connectivity index is 1.43. The van der Waals surface area contributed by atoms with Gasteiger partial charge in [-0.05, 0) is 42.3 Å². The van der Waals surface area contributed by atoms with E-state index in [0.29, 0.717) is 6.54 Å². The standard InChI is InChI=1S/C21H18FN5O3S/c22-14-7-5-13(6-8-14)19(29)24-17-18(23)25-21(26-20(17)30)31-11-16(28)27-10-9-12-3-1-2-4-15(12)27/h1-8H,9-11H2,(H,24,29)(H3,23,25,26,30). The van der Waals surface area contributed by atoms with Crippen LogP contribution in [0.5, 0.6) is 0 Å². The van der Waals surface area contributed by atoms with Crippen LogP contribution in [0.15, 0.2) is 58.5 Å². The number of carbonyl (C=O) groups excluding carboxylic acids is 2. The van der Waals surface area contributed by atoms with Crippen LogP contribution in [-0.4, -0.2) is 34.1 Å². The molecule has 8 nitrogen and oxygen atoms in total. The molecule has 4 rings (SSSR count). The zero-order chi connectivity index (χ0) is 22.0. The van der Waals surface area contributed by atoms with Crippen LogP contribution in [0.3, 0.4) is 0 Å². The number of aromatic amines is 1. The number of para-hydroxylation sites is 1. The third-order valence-corrected chi connectivity index (χ3v) is 5.65. The van der Waals surface area contributed by atoms with Crippen LogP contribution in [0, 0.1) is 5.82 Å². The van der Waals surface area contributed by atoms with Crippen molar-refractivity contribution < 1.29 is 14.0 Å². The zero-order valence-electron chi connectivity index (χ0n) is 16.2. The molecule has 1 aromatic heterocycles. The summed E-state index contributed by atoms with van der Waals surface area (Å²) >= 11 is 1.05. The lowest BCUT2D eigenvalue weighted by Gasteiger charge is -2.17. The molecule has 0 unspecified atom stereocenters. The summed E-state index contributed by atoms with van der Waals surface area (Å²) in [7, 11) is 0. The summed E-state index contributed by atoms with van der Waals surface area (Å²) in [5, 5.41) is 2.55. The summed E-state index contributed by atoms with van der Waals surface area (Å²) < 4.78 is 13.0. The van der Waals surface area contributed by atoms with E-state index in [9.17, 15) is 18.8 Å². The van der Waals surface area contributed by atoms with E-state index in [0.717, 1.165) is 41.6 Å². The van der Waals surface area contributed by atoms with Crippen molar-refractivity contribution in [2.75, 3.05) is 28.2 Å². The van der Waals surface area contributed by atoms with Crippen molar-refractivity contribution in [2.24, 2.45) is 0 Å². The molecule has 0 saturated carbocycles. The first-order valence-electron chi connectivity index (χ1n) is 9.40. The molecule has 2 heterocycles. The van der Waals surface area contributed by atoms with Crippen molar-refractivity contribution in [1.82, 2.24) is 9.97 Å². The molecule has 2 amide bonds. The molecule has 10 heteroatoms. The molecule has 0 fully saturated rings. The highest BCUT2D eigenvalue weighted by Crippen LogP contribution is 2.28. The van der Waals surface area contributed by atoms with Crippen LogP contribution in [0.25, 0.3) is 0 Å². The fraction of sp³-hybridized carbons (Fsp3) is 0.143. The fourth-order valence-electron chi connectivity index (χ4n) is 3.25. The van der Waals surface area contributed by atoms with Crippen LogP contribution in [0.4, 0.5) is 21.6 Å².